The molecular formula is C12H18Cl2N4O. The number of hydrogen-bond donors (Lipinski definition) is 2. The molecule has 106 valence electrons. The third kappa shape index (κ3) is 4.44. The van der Waals surface area contributed by atoms with Gasteiger partial charge in [0.25, 0.3) is 0 Å². The second kappa shape index (κ2) is 7.40. The third-order valence-electron chi connectivity index (χ3n) is 2.58. The molecule has 0 aliphatic rings. The lowest BCUT2D eigenvalue weighted by molar-refractivity contribution is -0.127. The van der Waals surface area contributed by atoms with Gasteiger partial charge in [-0.1, -0.05) is 23.2 Å². The van der Waals surface area contributed by atoms with E-state index < -0.39 is 0 Å². The Morgan fingerprint density at radius 2 is 1.84 bits per heavy atom. The molecule has 1 rings (SSSR count). The predicted octanol–water partition coefficient (Wildman–Crippen LogP) is 2.71. The van der Waals surface area contributed by atoms with Crippen molar-refractivity contribution in [3.8, 4) is 0 Å². The predicted molar refractivity (Wildman–Crippen MR) is 80.2 cm³/mol. The topological polar surface area (TPSA) is 57.3 Å². The molecule has 1 amide bonds. The highest BCUT2D eigenvalue weighted by Crippen LogP contribution is 2.28. The first kappa shape index (κ1) is 15.9. The molecular weight excluding hydrogens is 287 g/mol. The lowest BCUT2D eigenvalue weighted by atomic mass is 10.4. The number of nitrogens with one attached hydrogen (secondary N) is 2. The Morgan fingerprint density at radius 3 is 2.37 bits per heavy atom. The van der Waals surface area contributed by atoms with Gasteiger partial charge in [-0.2, -0.15) is 0 Å². The number of halogens is 2. The number of aromatic nitrogens is 1. The molecule has 19 heavy (non-hydrogen) atoms. The van der Waals surface area contributed by atoms with Crippen molar-refractivity contribution in [3.05, 3.63) is 16.1 Å². The monoisotopic (exact) mass is 304 g/mol. The number of nitrogens with zero attached hydrogens (tertiary/aromatic N) is 2. The summed E-state index contributed by atoms with van der Waals surface area (Å²) in [5, 5.41) is 6.79. The molecule has 0 saturated carbocycles. The van der Waals surface area contributed by atoms with Crippen LogP contribution in [0, 0.1) is 0 Å². The molecule has 0 aliphatic carbocycles. The molecule has 1 heterocycles. The second-order valence-electron chi connectivity index (χ2n) is 3.94. The van der Waals surface area contributed by atoms with Gasteiger partial charge in [-0.3, -0.25) is 4.79 Å². The van der Waals surface area contributed by atoms with Crippen LogP contribution >= 0.6 is 23.2 Å². The SMILES string of the molecule is CCNc1nc(NCC(=O)N(C)CC)c(Cl)cc1Cl. The van der Waals surface area contributed by atoms with Crippen LogP contribution in [0.5, 0.6) is 0 Å². The zero-order valence-electron chi connectivity index (χ0n) is 11.3. The van der Waals surface area contributed by atoms with Crippen LogP contribution in [0.15, 0.2) is 6.07 Å². The summed E-state index contributed by atoms with van der Waals surface area (Å²) in [6.45, 7) is 5.36. The summed E-state index contributed by atoms with van der Waals surface area (Å²) in [4.78, 5) is 17.6. The lowest BCUT2D eigenvalue weighted by Crippen LogP contribution is -2.32. The fourth-order valence-corrected chi connectivity index (χ4v) is 1.84. The summed E-state index contributed by atoms with van der Waals surface area (Å²) >= 11 is 12.0. The smallest absolute Gasteiger partial charge is 0.241 e. The highest BCUT2D eigenvalue weighted by atomic mass is 35.5. The van der Waals surface area contributed by atoms with Gasteiger partial charge in [0.15, 0.2) is 0 Å². The number of hydrogen-bond acceptors (Lipinski definition) is 4. The van der Waals surface area contributed by atoms with E-state index in [9.17, 15) is 4.79 Å². The lowest BCUT2D eigenvalue weighted by Gasteiger charge is -2.16. The zero-order chi connectivity index (χ0) is 14.4. The zero-order valence-corrected chi connectivity index (χ0v) is 12.8. The van der Waals surface area contributed by atoms with Crippen molar-refractivity contribution >= 4 is 40.7 Å². The minimum absolute atomic E-state index is 0.0275. The van der Waals surface area contributed by atoms with Crippen molar-refractivity contribution in [2.75, 3.05) is 37.3 Å². The summed E-state index contributed by atoms with van der Waals surface area (Å²) in [7, 11) is 1.74. The van der Waals surface area contributed by atoms with Crippen LogP contribution in [0.1, 0.15) is 13.8 Å². The van der Waals surface area contributed by atoms with Crippen molar-refractivity contribution in [2.24, 2.45) is 0 Å². The van der Waals surface area contributed by atoms with Gasteiger partial charge >= 0.3 is 0 Å². The number of rotatable bonds is 6. The summed E-state index contributed by atoms with van der Waals surface area (Å²) in [6.07, 6.45) is 0. The Kier molecular flexibility index (Phi) is 6.18. The number of likely N-dealkylation sites (N-methyl/N-ethyl adjacent to an activating group) is 1. The molecule has 0 saturated heterocycles. The van der Waals surface area contributed by atoms with Crippen LogP contribution in [0.4, 0.5) is 11.6 Å². The summed E-state index contributed by atoms with van der Waals surface area (Å²) < 4.78 is 0. The van der Waals surface area contributed by atoms with E-state index in [1.807, 2.05) is 13.8 Å². The Labute approximate surface area is 123 Å². The van der Waals surface area contributed by atoms with E-state index in [-0.39, 0.29) is 12.5 Å². The number of amides is 1. The second-order valence-corrected chi connectivity index (χ2v) is 4.76. The van der Waals surface area contributed by atoms with Crippen LogP contribution in [-0.2, 0) is 4.79 Å². The first-order chi connectivity index (χ1) is 8.99. The molecule has 5 nitrogen and oxygen atoms in total. The largest absolute Gasteiger partial charge is 0.369 e. The molecule has 0 radical (unpaired) electrons. The molecule has 0 bridgehead atoms. The van der Waals surface area contributed by atoms with Crippen LogP contribution in [0.25, 0.3) is 0 Å². The van der Waals surface area contributed by atoms with E-state index in [4.69, 9.17) is 23.2 Å². The summed E-state index contributed by atoms with van der Waals surface area (Å²) in [6, 6.07) is 1.60. The Morgan fingerprint density at radius 1 is 1.26 bits per heavy atom. The number of carbonyl (C=O) groups is 1. The maximum absolute atomic E-state index is 11.7. The molecule has 0 aromatic carbocycles. The van der Waals surface area contributed by atoms with Crippen LogP contribution in [0.2, 0.25) is 10.0 Å². The van der Waals surface area contributed by atoms with Crippen LogP contribution < -0.4 is 10.6 Å². The average molecular weight is 305 g/mol. The first-order valence-corrected chi connectivity index (χ1v) is 6.82. The van der Waals surface area contributed by atoms with Gasteiger partial charge in [0.1, 0.15) is 11.6 Å². The maximum Gasteiger partial charge on any atom is 0.241 e. The number of carbonyl (C=O) groups excluding carboxylic acids is 1. The van der Waals surface area contributed by atoms with Gasteiger partial charge in [-0.05, 0) is 19.9 Å². The fourth-order valence-electron chi connectivity index (χ4n) is 1.35. The minimum Gasteiger partial charge on any atom is -0.369 e. The maximum atomic E-state index is 11.7. The Balaban J connectivity index is 2.78. The van der Waals surface area contributed by atoms with Gasteiger partial charge in [-0.15, -0.1) is 0 Å². The van der Waals surface area contributed by atoms with E-state index in [0.717, 1.165) is 0 Å². The molecule has 2 N–H and O–H groups in total. The standard InChI is InChI=1S/C12H18Cl2N4O/c1-4-15-11-8(13)6-9(14)12(17-11)16-7-10(19)18(3)5-2/h6H,4-5,7H2,1-3H3,(H2,15,16,17). The molecule has 0 atom stereocenters. The van der Waals surface area contributed by atoms with E-state index in [1.54, 1.807) is 18.0 Å². The minimum atomic E-state index is -0.0275. The molecule has 0 aliphatic heterocycles. The molecule has 0 spiro atoms. The number of pyridine rings is 1. The van der Waals surface area contributed by atoms with Gasteiger partial charge in [0, 0.05) is 20.1 Å². The van der Waals surface area contributed by atoms with Gasteiger partial charge < -0.3 is 15.5 Å². The average Bonchev–Trinajstić information content (AvgIpc) is 2.39. The molecule has 7 heteroatoms. The summed E-state index contributed by atoms with van der Waals surface area (Å²) in [5.74, 6) is 0.965. The molecule has 0 fully saturated rings. The van der Waals surface area contributed by atoms with Gasteiger partial charge in [-0.25, -0.2) is 4.98 Å². The summed E-state index contributed by atoms with van der Waals surface area (Å²) in [5.41, 5.74) is 0. The quantitative estimate of drug-likeness (QED) is 0.848. The van der Waals surface area contributed by atoms with Gasteiger partial charge in [0.05, 0.1) is 16.6 Å². The molecule has 0 unspecified atom stereocenters. The van der Waals surface area contributed by atoms with Crippen molar-refractivity contribution in [3.63, 3.8) is 0 Å². The van der Waals surface area contributed by atoms with Gasteiger partial charge in [0.2, 0.25) is 5.91 Å². The first-order valence-electron chi connectivity index (χ1n) is 6.07. The van der Waals surface area contributed by atoms with Crippen molar-refractivity contribution in [1.82, 2.24) is 9.88 Å². The van der Waals surface area contributed by atoms with E-state index in [1.165, 1.54) is 0 Å². The van der Waals surface area contributed by atoms with E-state index >= 15 is 0 Å². The van der Waals surface area contributed by atoms with Crippen molar-refractivity contribution in [2.45, 2.75) is 13.8 Å². The van der Waals surface area contributed by atoms with Crippen LogP contribution in [0.3, 0.4) is 0 Å². The third-order valence-corrected chi connectivity index (χ3v) is 3.16. The highest BCUT2D eigenvalue weighted by Gasteiger charge is 2.11. The normalized spacial score (nSPS) is 10.2. The highest BCUT2D eigenvalue weighted by molar-refractivity contribution is 6.37. The molecule has 1 aromatic rings. The van der Waals surface area contributed by atoms with Crippen molar-refractivity contribution in [1.29, 1.82) is 0 Å². The Hall–Kier alpha value is -1.20. The number of anilines is 2. The fraction of sp³-hybridized carbons (Fsp3) is 0.500. The van der Waals surface area contributed by atoms with E-state index in [2.05, 4.69) is 15.6 Å². The van der Waals surface area contributed by atoms with Crippen LogP contribution in [-0.4, -0.2) is 42.5 Å². The van der Waals surface area contributed by atoms with E-state index in [0.29, 0.717) is 34.8 Å². The Bertz CT molecular complexity index is 454. The van der Waals surface area contributed by atoms with Crippen molar-refractivity contribution < 1.29 is 4.79 Å². The molecule has 1 aromatic heterocycles.